The first kappa shape index (κ1) is 16.3. The molecule has 1 aliphatic heterocycles. The molecule has 2 heterocycles. The third-order valence-electron chi connectivity index (χ3n) is 5.37. The second-order valence-electron chi connectivity index (χ2n) is 6.90. The standard InChI is InChI=1S/C19H20ClN3O2/c20-12-4-5-16-14(10-12)17(13-2-1-3-15(13)22-16)19(25)23-8-6-11(7-9-23)18(21)24/h4-5,10-11H,1-3,6-9H2,(H2,21,24). The minimum Gasteiger partial charge on any atom is -0.369 e. The van der Waals surface area contributed by atoms with E-state index in [4.69, 9.17) is 22.3 Å². The quantitative estimate of drug-likeness (QED) is 0.897. The van der Waals surface area contributed by atoms with Crippen molar-refractivity contribution in [1.29, 1.82) is 0 Å². The third-order valence-corrected chi connectivity index (χ3v) is 5.61. The molecule has 1 aromatic heterocycles. The number of rotatable bonds is 2. The second-order valence-corrected chi connectivity index (χ2v) is 7.33. The lowest BCUT2D eigenvalue weighted by Crippen LogP contribution is -2.42. The largest absolute Gasteiger partial charge is 0.369 e. The van der Waals surface area contributed by atoms with E-state index in [9.17, 15) is 9.59 Å². The highest BCUT2D eigenvalue weighted by Crippen LogP contribution is 2.33. The van der Waals surface area contributed by atoms with E-state index in [1.807, 2.05) is 23.1 Å². The first-order chi connectivity index (χ1) is 12.0. The minimum absolute atomic E-state index is 0.0238. The number of hydrogen-bond donors (Lipinski definition) is 1. The van der Waals surface area contributed by atoms with Crippen molar-refractivity contribution in [2.45, 2.75) is 32.1 Å². The van der Waals surface area contributed by atoms with Gasteiger partial charge in [0, 0.05) is 35.1 Å². The summed E-state index contributed by atoms with van der Waals surface area (Å²) in [6, 6.07) is 5.53. The number of nitrogens with zero attached hydrogens (tertiary/aromatic N) is 2. The molecule has 1 fully saturated rings. The van der Waals surface area contributed by atoms with Crippen molar-refractivity contribution < 1.29 is 9.59 Å². The Bertz CT molecular complexity index is 873. The summed E-state index contributed by atoms with van der Waals surface area (Å²) in [4.78, 5) is 31.2. The zero-order chi connectivity index (χ0) is 17.6. The van der Waals surface area contributed by atoms with Gasteiger partial charge in [0.15, 0.2) is 0 Å². The minimum atomic E-state index is -0.269. The molecule has 1 aromatic carbocycles. The SMILES string of the molecule is NC(=O)C1CCN(C(=O)c2c3c(nc4ccc(Cl)cc24)CCC3)CC1. The molecule has 5 nitrogen and oxygen atoms in total. The average Bonchev–Trinajstić information content (AvgIpc) is 3.07. The van der Waals surface area contributed by atoms with E-state index in [2.05, 4.69) is 0 Å². The highest BCUT2D eigenvalue weighted by Gasteiger charge is 2.30. The van der Waals surface area contributed by atoms with Crippen LogP contribution in [0.3, 0.4) is 0 Å². The number of hydrogen-bond acceptors (Lipinski definition) is 3. The Labute approximate surface area is 151 Å². The molecular formula is C19H20ClN3O2. The molecule has 0 radical (unpaired) electrons. The van der Waals surface area contributed by atoms with Crippen molar-refractivity contribution in [3.05, 3.63) is 40.0 Å². The maximum atomic E-state index is 13.3. The van der Waals surface area contributed by atoms with Gasteiger partial charge in [-0.25, -0.2) is 0 Å². The summed E-state index contributed by atoms with van der Waals surface area (Å²) in [6.07, 6.45) is 4.08. The second kappa shape index (κ2) is 6.30. The molecule has 2 aliphatic rings. The molecule has 0 bridgehead atoms. The highest BCUT2D eigenvalue weighted by molar-refractivity contribution is 6.31. The van der Waals surface area contributed by atoms with Crippen LogP contribution in [0.25, 0.3) is 10.9 Å². The first-order valence-electron chi connectivity index (χ1n) is 8.74. The van der Waals surface area contributed by atoms with Crippen molar-refractivity contribution in [3.63, 3.8) is 0 Å². The number of piperidine rings is 1. The monoisotopic (exact) mass is 357 g/mol. The number of aryl methyl sites for hydroxylation is 1. The number of fused-ring (bicyclic) bond motifs is 2. The van der Waals surface area contributed by atoms with Crippen molar-refractivity contribution in [2.75, 3.05) is 13.1 Å². The van der Waals surface area contributed by atoms with E-state index < -0.39 is 0 Å². The number of halogens is 1. The van der Waals surface area contributed by atoms with E-state index in [0.29, 0.717) is 31.0 Å². The number of nitrogens with two attached hydrogens (primary N) is 1. The van der Waals surface area contributed by atoms with Gasteiger partial charge >= 0.3 is 0 Å². The molecule has 0 spiro atoms. The summed E-state index contributed by atoms with van der Waals surface area (Å²) >= 11 is 6.18. The van der Waals surface area contributed by atoms with Crippen LogP contribution in [0.1, 0.15) is 40.9 Å². The smallest absolute Gasteiger partial charge is 0.254 e. The Morgan fingerprint density at radius 1 is 1.20 bits per heavy atom. The lowest BCUT2D eigenvalue weighted by atomic mass is 9.94. The zero-order valence-electron chi connectivity index (χ0n) is 13.9. The number of pyridine rings is 1. The van der Waals surface area contributed by atoms with Crippen molar-refractivity contribution >= 4 is 34.3 Å². The molecule has 0 unspecified atom stereocenters. The average molecular weight is 358 g/mol. The normalized spacial score (nSPS) is 17.7. The predicted molar refractivity (Wildman–Crippen MR) is 96.6 cm³/mol. The highest BCUT2D eigenvalue weighted by atomic mass is 35.5. The Morgan fingerprint density at radius 3 is 2.68 bits per heavy atom. The zero-order valence-corrected chi connectivity index (χ0v) is 14.7. The van der Waals surface area contributed by atoms with Crippen LogP contribution in [0.5, 0.6) is 0 Å². The lowest BCUT2D eigenvalue weighted by Gasteiger charge is -2.31. The van der Waals surface area contributed by atoms with Crippen LogP contribution in [0.2, 0.25) is 5.02 Å². The molecule has 2 amide bonds. The van der Waals surface area contributed by atoms with E-state index in [1.54, 1.807) is 0 Å². The van der Waals surface area contributed by atoms with Gasteiger partial charge in [-0.2, -0.15) is 0 Å². The van der Waals surface area contributed by atoms with Gasteiger partial charge < -0.3 is 10.6 Å². The molecule has 2 N–H and O–H groups in total. The Hall–Kier alpha value is -2.14. The van der Waals surface area contributed by atoms with Crippen LogP contribution < -0.4 is 5.73 Å². The van der Waals surface area contributed by atoms with E-state index in [-0.39, 0.29) is 17.7 Å². The topological polar surface area (TPSA) is 76.3 Å². The van der Waals surface area contributed by atoms with Crippen molar-refractivity contribution in [1.82, 2.24) is 9.88 Å². The van der Waals surface area contributed by atoms with Gasteiger partial charge in [0.25, 0.3) is 5.91 Å². The molecule has 1 saturated heterocycles. The number of benzene rings is 1. The summed E-state index contributed by atoms with van der Waals surface area (Å²) in [5, 5.41) is 1.43. The number of primary amides is 1. The van der Waals surface area contributed by atoms with Crippen LogP contribution in [0, 0.1) is 5.92 Å². The summed E-state index contributed by atoms with van der Waals surface area (Å²) in [5.41, 5.74) is 9.07. The van der Waals surface area contributed by atoms with Crippen molar-refractivity contribution in [3.8, 4) is 0 Å². The molecule has 25 heavy (non-hydrogen) atoms. The molecule has 2 aromatic rings. The number of aromatic nitrogens is 1. The number of carbonyl (C=O) groups is 2. The van der Waals surface area contributed by atoms with Gasteiger partial charge in [-0.1, -0.05) is 11.6 Å². The van der Waals surface area contributed by atoms with Gasteiger partial charge in [-0.05, 0) is 55.9 Å². The van der Waals surface area contributed by atoms with Gasteiger partial charge in [0.1, 0.15) is 0 Å². The van der Waals surface area contributed by atoms with Gasteiger partial charge in [-0.15, -0.1) is 0 Å². The van der Waals surface area contributed by atoms with Gasteiger partial charge in [0.05, 0.1) is 11.1 Å². The first-order valence-corrected chi connectivity index (χ1v) is 9.12. The summed E-state index contributed by atoms with van der Waals surface area (Å²) in [5.74, 6) is -0.372. The summed E-state index contributed by atoms with van der Waals surface area (Å²) in [7, 11) is 0. The molecule has 6 heteroatoms. The molecule has 130 valence electrons. The fraction of sp³-hybridized carbons (Fsp3) is 0.421. The van der Waals surface area contributed by atoms with Gasteiger partial charge in [-0.3, -0.25) is 14.6 Å². The van der Waals surface area contributed by atoms with Crippen molar-refractivity contribution in [2.24, 2.45) is 11.7 Å². The fourth-order valence-electron chi connectivity index (χ4n) is 4.00. The molecule has 0 atom stereocenters. The molecule has 1 aliphatic carbocycles. The Kier molecular flexibility index (Phi) is 4.12. The van der Waals surface area contributed by atoms with Crippen LogP contribution in [0.15, 0.2) is 18.2 Å². The van der Waals surface area contributed by atoms with E-state index >= 15 is 0 Å². The molecular weight excluding hydrogens is 338 g/mol. The summed E-state index contributed by atoms with van der Waals surface area (Å²) < 4.78 is 0. The summed E-state index contributed by atoms with van der Waals surface area (Å²) in [6.45, 7) is 1.12. The number of carbonyl (C=O) groups excluding carboxylic acids is 2. The van der Waals surface area contributed by atoms with Crippen LogP contribution in [0.4, 0.5) is 0 Å². The van der Waals surface area contributed by atoms with E-state index in [0.717, 1.165) is 47.0 Å². The number of likely N-dealkylation sites (tertiary alicyclic amines) is 1. The van der Waals surface area contributed by atoms with Crippen LogP contribution in [-0.4, -0.2) is 34.8 Å². The van der Waals surface area contributed by atoms with Gasteiger partial charge in [0.2, 0.25) is 5.91 Å². The third kappa shape index (κ3) is 2.86. The number of amides is 2. The molecule has 4 rings (SSSR count). The molecule has 0 saturated carbocycles. The van der Waals surface area contributed by atoms with Crippen LogP contribution >= 0.6 is 11.6 Å². The van der Waals surface area contributed by atoms with Crippen LogP contribution in [-0.2, 0) is 17.6 Å². The Balaban J connectivity index is 1.74. The fourth-order valence-corrected chi connectivity index (χ4v) is 4.18. The van der Waals surface area contributed by atoms with E-state index in [1.165, 1.54) is 0 Å². The maximum Gasteiger partial charge on any atom is 0.254 e. The predicted octanol–water partition coefficient (Wildman–Crippen LogP) is 2.71. The lowest BCUT2D eigenvalue weighted by molar-refractivity contribution is -0.123. The Morgan fingerprint density at radius 2 is 1.96 bits per heavy atom. The maximum absolute atomic E-state index is 13.3.